The molecule has 0 saturated carbocycles. The van der Waals surface area contributed by atoms with Crippen LogP contribution in [-0.4, -0.2) is 9.97 Å². The monoisotopic (exact) mass is 262 g/mol. The van der Waals surface area contributed by atoms with E-state index in [4.69, 9.17) is 0 Å². The average Bonchev–Trinajstić information content (AvgIpc) is 2.47. The highest BCUT2D eigenvalue weighted by atomic mass is 16.1. The molecule has 4 heteroatoms. The lowest BCUT2D eigenvalue weighted by atomic mass is 9.99. The standard InChI is InChI=1S/C16H10N2O2/c19-9-1-3-11-12-4-2-10(20)8-14(12)16-15(13(11)7-9)17-5-6-18-16/h1-8,17-18H. The maximum Gasteiger partial charge on any atom is 0.179 e. The molecule has 4 nitrogen and oxygen atoms in total. The molecular formula is C16H10N2O2. The van der Waals surface area contributed by atoms with Crippen LogP contribution in [-0.2, 0) is 0 Å². The van der Waals surface area contributed by atoms with E-state index in [1.54, 1.807) is 36.7 Å². The van der Waals surface area contributed by atoms with Gasteiger partial charge in [0.05, 0.1) is 11.0 Å². The van der Waals surface area contributed by atoms with E-state index in [2.05, 4.69) is 9.97 Å². The van der Waals surface area contributed by atoms with Crippen molar-refractivity contribution in [3.63, 3.8) is 0 Å². The molecule has 0 fully saturated rings. The fraction of sp³-hybridized carbons (Fsp3) is 0. The van der Waals surface area contributed by atoms with E-state index in [0.717, 1.165) is 32.6 Å². The molecule has 0 aliphatic rings. The quantitative estimate of drug-likeness (QED) is 0.478. The highest BCUT2D eigenvalue weighted by Crippen LogP contribution is 2.30. The summed E-state index contributed by atoms with van der Waals surface area (Å²) in [5, 5.41) is 3.64. The largest absolute Gasteiger partial charge is 0.358 e. The molecule has 4 aromatic rings. The van der Waals surface area contributed by atoms with Crippen LogP contribution in [0.4, 0.5) is 0 Å². The van der Waals surface area contributed by atoms with Crippen molar-refractivity contribution in [2.75, 3.05) is 0 Å². The summed E-state index contributed by atoms with van der Waals surface area (Å²) in [5.41, 5.74) is 1.60. The Balaban J connectivity index is 2.47. The number of fused-ring (bicyclic) bond motifs is 6. The predicted octanol–water partition coefficient (Wildman–Crippen LogP) is 2.52. The molecule has 0 saturated heterocycles. The van der Waals surface area contributed by atoms with Gasteiger partial charge in [0.25, 0.3) is 0 Å². The Bertz CT molecular complexity index is 982. The lowest BCUT2D eigenvalue weighted by Gasteiger charge is -2.08. The molecule has 2 N–H and O–H groups in total. The van der Waals surface area contributed by atoms with Crippen molar-refractivity contribution in [2.45, 2.75) is 0 Å². The van der Waals surface area contributed by atoms with Gasteiger partial charge in [-0.15, -0.1) is 0 Å². The first-order valence-corrected chi connectivity index (χ1v) is 6.29. The zero-order valence-electron chi connectivity index (χ0n) is 10.4. The summed E-state index contributed by atoms with van der Waals surface area (Å²) >= 11 is 0. The fourth-order valence-electron chi connectivity index (χ4n) is 2.75. The highest BCUT2D eigenvalue weighted by Gasteiger charge is 2.09. The van der Waals surface area contributed by atoms with Crippen LogP contribution in [0.2, 0.25) is 0 Å². The number of hydrogen-bond acceptors (Lipinski definition) is 2. The Morgan fingerprint density at radius 2 is 1.05 bits per heavy atom. The van der Waals surface area contributed by atoms with Crippen molar-refractivity contribution in [3.8, 4) is 0 Å². The maximum absolute atomic E-state index is 11.6. The van der Waals surface area contributed by atoms with E-state index < -0.39 is 0 Å². The molecule has 0 radical (unpaired) electrons. The summed E-state index contributed by atoms with van der Waals surface area (Å²) in [4.78, 5) is 29.6. The van der Waals surface area contributed by atoms with Gasteiger partial charge in [0.1, 0.15) is 0 Å². The van der Waals surface area contributed by atoms with Gasteiger partial charge in [0.15, 0.2) is 10.9 Å². The molecule has 0 atom stereocenters. The van der Waals surface area contributed by atoms with Crippen LogP contribution in [0.3, 0.4) is 0 Å². The van der Waals surface area contributed by atoms with Crippen molar-refractivity contribution in [1.82, 2.24) is 9.97 Å². The molecule has 96 valence electrons. The van der Waals surface area contributed by atoms with Crippen LogP contribution >= 0.6 is 0 Å². The van der Waals surface area contributed by atoms with Gasteiger partial charge in [-0.25, -0.2) is 0 Å². The Hall–Kier alpha value is -2.88. The van der Waals surface area contributed by atoms with Crippen molar-refractivity contribution in [3.05, 3.63) is 69.2 Å². The van der Waals surface area contributed by atoms with Crippen molar-refractivity contribution < 1.29 is 0 Å². The second kappa shape index (κ2) is 3.81. The van der Waals surface area contributed by atoms with E-state index >= 15 is 0 Å². The Kier molecular flexibility index (Phi) is 2.09. The minimum Gasteiger partial charge on any atom is -0.358 e. The number of benzene rings is 3. The Morgan fingerprint density at radius 3 is 1.50 bits per heavy atom. The van der Waals surface area contributed by atoms with Gasteiger partial charge in [-0.3, -0.25) is 9.59 Å². The van der Waals surface area contributed by atoms with Crippen LogP contribution in [0, 0.1) is 0 Å². The van der Waals surface area contributed by atoms with Gasteiger partial charge in [-0.1, -0.05) is 0 Å². The molecule has 3 aromatic carbocycles. The first-order valence-electron chi connectivity index (χ1n) is 6.29. The summed E-state index contributed by atoms with van der Waals surface area (Å²) in [6, 6.07) is 9.95. The molecule has 0 amide bonds. The molecule has 1 heterocycles. The van der Waals surface area contributed by atoms with Gasteiger partial charge in [-0.2, -0.15) is 0 Å². The highest BCUT2D eigenvalue weighted by molar-refractivity contribution is 6.22. The summed E-state index contributed by atoms with van der Waals surface area (Å²) in [6.07, 6.45) is 3.54. The third-order valence-corrected chi connectivity index (χ3v) is 3.60. The predicted molar refractivity (Wildman–Crippen MR) is 80.2 cm³/mol. The van der Waals surface area contributed by atoms with Crippen LogP contribution < -0.4 is 10.9 Å². The Morgan fingerprint density at radius 1 is 0.600 bits per heavy atom. The summed E-state index contributed by atoms with van der Waals surface area (Å²) in [6.45, 7) is 0. The number of H-pyrrole nitrogens is 2. The van der Waals surface area contributed by atoms with Gasteiger partial charge in [0.2, 0.25) is 0 Å². The molecule has 0 bridgehead atoms. The van der Waals surface area contributed by atoms with Crippen LogP contribution in [0.25, 0.3) is 32.6 Å². The van der Waals surface area contributed by atoms with Gasteiger partial charge in [0, 0.05) is 23.2 Å². The minimum absolute atomic E-state index is 0.0316. The SMILES string of the molecule is O=c1ccc2c3ccc(=O)cc3c3[nH]cc[nH]c3c2c1. The normalized spacial score (nSPS) is 11.4. The van der Waals surface area contributed by atoms with Gasteiger partial charge >= 0.3 is 0 Å². The van der Waals surface area contributed by atoms with E-state index in [1.165, 1.54) is 0 Å². The number of aromatic amines is 2. The van der Waals surface area contributed by atoms with Crippen LogP contribution in [0.1, 0.15) is 0 Å². The average molecular weight is 262 g/mol. The molecule has 20 heavy (non-hydrogen) atoms. The fourth-order valence-corrected chi connectivity index (χ4v) is 2.75. The van der Waals surface area contributed by atoms with Crippen LogP contribution in [0.5, 0.6) is 0 Å². The smallest absolute Gasteiger partial charge is 0.179 e. The number of nitrogens with one attached hydrogen (secondary N) is 2. The molecule has 4 rings (SSSR count). The van der Waals surface area contributed by atoms with Gasteiger partial charge in [-0.05, 0) is 47.2 Å². The van der Waals surface area contributed by atoms with Crippen molar-refractivity contribution in [2.24, 2.45) is 0 Å². The van der Waals surface area contributed by atoms with Crippen LogP contribution in [0.15, 0.2) is 58.4 Å². The first-order chi connectivity index (χ1) is 9.74. The van der Waals surface area contributed by atoms with Gasteiger partial charge < -0.3 is 9.97 Å². The second-order valence-corrected chi connectivity index (χ2v) is 4.79. The molecule has 0 unspecified atom stereocenters. The second-order valence-electron chi connectivity index (χ2n) is 4.79. The van der Waals surface area contributed by atoms with E-state index in [-0.39, 0.29) is 10.9 Å². The topological polar surface area (TPSA) is 65.7 Å². The zero-order valence-corrected chi connectivity index (χ0v) is 10.4. The molecule has 0 aliphatic heterocycles. The number of rotatable bonds is 0. The summed E-state index contributed by atoms with van der Waals surface area (Å²) < 4.78 is 0. The minimum atomic E-state index is -0.0316. The Labute approximate surface area is 112 Å². The van der Waals surface area contributed by atoms with E-state index in [9.17, 15) is 9.59 Å². The molecule has 0 aliphatic carbocycles. The van der Waals surface area contributed by atoms with Crippen molar-refractivity contribution >= 4 is 32.6 Å². The first kappa shape index (κ1) is 11.0. The third kappa shape index (κ3) is 1.42. The lowest BCUT2D eigenvalue weighted by Crippen LogP contribution is -1.99. The maximum atomic E-state index is 11.6. The molecule has 1 aromatic heterocycles. The third-order valence-electron chi connectivity index (χ3n) is 3.60. The molecular weight excluding hydrogens is 252 g/mol. The number of aromatic nitrogens is 2. The van der Waals surface area contributed by atoms with E-state index in [0.29, 0.717) is 0 Å². The zero-order chi connectivity index (χ0) is 13.7. The summed E-state index contributed by atoms with van der Waals surface area (Å²) in [7, 11) is 0. The van der Waals surface area contributed by atoms with Crippen molar-refractivity contribution in [1.29, 1.82) is 0 Å². The molecule has 0 spiro atoms. The van der Waals surface area contributed by atoms with E-state index in [1.807, 2.05) is 12.1 Å². The number of hydrogen-bond donors (Lipinski definition) is 2. The lowest BCUT2D eigenvalue weighted by molar-refractivity contribution is 1.31. The summed E-state index contributed by atoms with van der Waals surface area (Å²) in [5.74, 6) is 0.